The first-order valence-electron chi connectivity index (χ1n) is 22.7. The summed E-state index contributed by atoms with van der Waals surface area (Å²) in [7, 11) is 0. The van der Waals surface area contributed by atoms with Crippen LogP contribution in [0, 0.1) is 0 Å². The van der Waals surface area contributed by atoms with E-state index in [1.165, 1.54) is 55.4 Å². The molecule has 5 nitrogen and oxygen atoms in total. The maximum atomic E-state index is 6.89. The van der Waals surface area contributed by atoms with Crippen LogP contribution in [-0.2, 0) is 27.1 Å². The van der Waals surface area contributed by atoms with E-state index in [4.69, 9.17) is 9.72 Å². The van der Waals surface area contributed by atoms with Crippen molar-refractivity contribution in [1.82, 2.24) is 9.55 Å². The maximum Gasteiger partial charge on any atom is 0.137 e. The molecule has 63 heavy (non-hydrogen) atoms. The topological polar surface area (TPSA) is 33.5 Å². The van der Waals surface area contributed by atoms with Crippen molar-refractivity contribution >= 4 is 33.2 Å². The number of anilines is 2. The first kappa shape index (κ1) is 43.8. The number of aromatic nitrogens is 2. The van der Waals surface area contributed by atoms with Crippen molar-refractivity contribution in [1.29, 1.82) is 0 Å². The van der Waals surface area contributed by atoms with E-state index in [2.05, 4.69) is 240 Å². The molecule has 5 heteroatoms. The molecule has 0 radical (unpaired) electrons. The largest absolute Gasteiger partial charge is 0.457 e. The standard InChI is InChI=1S/C58H68N4O/c1-54(2,3)40-22-23-59-53(34-40)62-51-19-17-16-18-49(51)50-21-20-47(36-52(50)62)63-48-33-44(58(13,14)15)32-46(35-48)61-25-24-60(37-61)45-29-39(28-43(31-45)57(10,11)12)38-26-41(55(4,5)6)30-42(27-38)56(7,8)9/h16-36H,37H2,1-15H3. The number of hydrogen-bond donors (Lipinski definition) is 0. The fraction of sp³-hybridized carbons (Fsp3) is 0.362. The monoisotopic (exact) mass is 837 g/mol. The van der Waals surface area contributed by atoms with Gasteiger partial charge in [0.2, 0.25) is 0 Å². The molecular formula is C58H68N4O. The Balaban J connectivity index is 1.15. The van der Waals surface area contributed by atoms with Crippen LogP contribution >= 0.6 is 0 Å². The molecule has 0 aliphatic carbocycles. The van der Waals surface area contributed by atoms with E-state index in [0.29, 0.717) is 6.67 Å². The van der Waals surface area contributed by atoms with Crippen LogP contribution in [0.15, 0.2) is 128 Å². The van der Waals surface area contributed by atoms with Crippen LogP contribution in [-0.4, -0.2) is 16.2 Å². The van der Waals surface area contributed by atoms with Gasteiger partial charge in [-0.3, -0.25) is 4.57 Å². The summed E-state index contributed by atoms with van der Waals surface area (Å²) in [5.74, 6) is 2.50. The van der Waals surface area contributed by atoms with Crippen molar-refractivity contribution < 1.29 is 4.74 Å². The summed E-state index contributed by atoms with van der Waals surface area (Å²) in [6.07, 6.45) is 6.35. The molecule has 7 aromatic rings. The molecule has 0 fully saturated rings. The van der Waals surface area contributed by atoms with Gasteiger partial charge in [-0.2, -0.15) is 0 Å². The second-order valence-corrected chi connectivity index (χ2v) is 22.9. The Morgan fingerprint density at radius 3 is 1.52 bits per heavy atom. The molecule has 0 bridgehead atoms. The third-order valence-corrected chi connectivity index (χ3v) is 12.7. The van der Waals surface area contributed by atoms with Crippen LogP contribution in [0.5, 0.6) is 11.5 Å². The van der Waals surface area contributed by atoms with Crippen molar-refractivity contribution in [2.24, 2.45) is 0 Å². The molecule has 0 N–H and O–H groups in total. The molecule has 326 valence electrons. The van der Waals surface area contributed by atoms with Crippen LogP contribution in [0.4, 0.5) is 11.4 Å². The van der Waals surface area contributed by atoms with Gasteiger partial charge in [0.05, 0.1) is 17.7 Å². The minimum atomic E-state index is -0.0964. The zero-order valence-electron chi connectivity index (χ0n) is 40.5. The molecule has 0 spiro atoms. The van der Waals surface area contributed by atoms with Gasteiger partial charge in [0.15, 0.2) is 0 Å². The number of nitrogens with zero attached hydrogens (tertiary/aromatic N) is 4. The van der Waals surface area contributed by atoms with Gasteiger partial charge in [-0.05, 0) is 121 Å². The predicted molar refractivity (Wildman–Crippen MR) is 269 cm³/mol. The number of fused-ring (bicyclic) bond motifs is 3. The van der Waals surface area contributed by atoms with E-state index in [1.807, 2.05) is 6.20 Å². The second-order valence-electron chi connectivity index (χ2n) is 22.9. The average molecular weight is 837 g/mol. The van der Waals surface area contributed by atoms with Crippen molar-refractivity contribution in [3.8, 4) is 28.4 Å². The highest BCUT2D eigenvalue weighted by Gasteiger charge is 2.26. The van der Waals surface area contributed by atoms with Crippen molar-refractivity contribution in [2.45, 2.75) is 131 Å². The van der Waals surface area contributed by atoms with E-state index in [9.17, 15) is 0 Å². The van der Waals surface area contributed by atoms with Gasteiger partial charge in [-0.25, -0.2) is 4.98 Å². The third-order valence-electron chi connectivity index (χ3n) is 12.7. The Hall–Kier alpha value is -5.81. The predicted octanol–water partition coefficient (Wildman–Crippen LogP) is 15.9. The fourth-order valence-corrected chi connectivity index (χ4v) is 8.44. The Morgan fingerprint density at radius 1 is 0.429 bits per heavy atom. The highest BCUT2D eigenvalue weighted by molar-refractivity contribution is 6.09. The first-order valence-corrected chi connectivity index (χ1v) is 22.7. The lowest BCUT2D eigenvalue weighted by Gasteiger charge is -2.28. The highest BCUT2D eigenvalue weighted by atomic mass is 16.5. The molecule has 0 saturated heterocycles. The summed E-state index contributed by atoms with van der Waals surface area (Å²) in [5, 5.41) is 2.36. The second kappa shape index (κ2) is 15.5. The van der Waals surface area contributed by atoms with Gasteiger partial charge >= 0.3 is 0 Å². The Labute approximate surface area is 377 Å². The van der Waals surface area contributed by atoms with Crippen LogP contribution in [0.3, 0.4) is 0 Å². The molecule has 0 amide bonds. The van der Waals surface area contributed by atoms with Crippen molar-refractivity contribution in [2.75, 3.05) is 16.5 Å². The van der Waals surface area contributed by atoms with Crippen LogP contribution < -0.4 is 14.5 Å². The number of pyridine rings is 1. The molecule has 0 saturated carbocycles. The number of ether oxygens (including phenoxy) is 1. The first-order chi connectivity index (χ1) is 29.3. The number of hydrogen-bond acceptors (Lipinski definition) is 4. The van der Waals surface area contributed by atoms with Crippen molar-refractivity contribution in [3.05, 3.63) is 156 Å². The van der Waals surface area contributed by atoms with Crippen LogP contribution in [0.1, 0.15) is 132 Å². The van der Waals surface area contributed by atoms with Gasteiger partial charge in [0.25, 0.3) is 0 Å². The zero-order chi connectivity index (χ0) is 45.4. The van der Waals surface area contributed by atoms with Gasteiger partial charge < -0.3 is 14.5 Å². The number of benzene rings is 5. The lowest BCUT2D eigenvalue weighted by molar-refractivity contribution is 0.479. The highest BCUT2D eigenvalue weighted by Crippen LogP contribution is 2.41. The lowest BCUT2D eigenvalue weighted by atomic mass is 9.78. The molecule has 1 aliphatic heterocycles. The van der Waals surface area contributed by atoms with E-state index >= 15 is 0 Å². The van der Waals surface area contributed by atoms with Gasteiger partial charge in [0, 0.05) is 52.9 Å². The molecule has 8 rings (SSSR count). The maximum absolute atomic E-state index is 6.89. The normalized spacial score (nSPS) is 14.1. The van der Waals surface area contributed by atoms with Crippen molar-refractivity contribution in [3.63, 3.8) is 0 Å². The summed E-state index contributed by atoms with van der Waals surface area (Å²) < 4.78 is 9.16. The minimum absolute atomic E-state index is 0.00340. The van der Waals surface area contributed by atoms with Crippen LogP contribution in [0.25, 0.3) is 38.8 Å². The smallest absolute Gasteiger partial charge is 0.137 e. The Kier molecular flexibility index (Phi) is 10.8. The quantitative estimate of drug-likeness (QED) is 0.167. The zero-order valence-corrected chi connectivity index (χ0v) is 40.5. The molecule has 2 aromatic heterocycles. The fourth-order valence-electron chi connectivity index (χ4n) is 8.44. The van der Waals surface area contributed by atoms with E-state index < -0.39 is 0 Å². The molecule has 0 unspecified atom stereocenters. The molecule has 5 aromatic carbocycles. The van der Waals surface area contributed by atoms with E-state index in [-0.39, 0.29) is 27.1 Å². The summed E-state index contributed by atoms with van der Waals surface area (Å²) in [6, 6.07) is 40.5. The van der Waals surface area contributed by atoms with Gasteiger partial charge in [-0.15, -0.1) is 0 Å². The van der Waals surface area contributed by atoms with Gasteiger partial charge in [0.1, 0.15) is 17.3 Å². The van der Waals surface area contributed by atoms with E-state index in [1.54, 1.807) is 0 Å². The van der Waals surface area contributed by atoms with E-state index in [0.717, 1.165) is 34.0 Å². The molecule has 3 heterocycles. The third kappa shape index (κ3) is 9.03. The summed E-state index contributed by atoms with van der Waals surface area (Å²) >= 11 is 0. The molecule has 0 atom stereocenters. The Morgan fingerprint density at radius 2 is 0.937 bits per heavy atom. The Bertz CT molecular complexity index is 2840. The SMILES string of the molecule is CC(C)(C)c1cc(Oc2ccc3c4ccccc4n(-c4cc(C(C)(C)C)ccn4)c3c2)cc(N2C=CN(c3cc(-c4cc(C(C)(C)C)cc(C(C)(C)C)c4)cc(C(C)(C)C)c3)C2)c1. The van der Waals surface area contributed by atoms with Gasteiger partial charge in [-0.1, -0.05) is 146 Å². The van der Waals surface area contributed by atoms with Crippen LogP contribution in [0.2, 0.25) is 0 Å². The lowest BCUT2D eigenvalue weighted by Crippen LogP contribution is -2.25. The average Bonchev–Trinajstić information content (AvgIpc) is 3.83. The summed E-state index contributed by atoms with van der Waals surface area (Å²) in [4.78, 5) is 9.60. The number of rotatable bonds is 6. The molecular weight excluding hydrogens is 769 g/mol. The summed E-state index contributed by atoms with van der Waals surface area (Å²) in [5.41, 5.74) is 13.4. The number of para-hydroxylation sites is 1. The minimum Gasteiger partial charge on any atom is -0.457 e. The molecule has 1 aliphatic rings. The summed E-state index contributed by atoms with van der Waals surface area (Å²) in [6.45, 7) is 35.0.